The molecule has 0 radical (unpaired) electrons. The first-order chi connectivity index (χ1) is 8.65. The van der Waals surface area contributed by atoms with Crippen molar-refractivity contribution in [2.24, 2.45) is 11.7 Å². The Morgan fingerprint density at radius 3 is 2.44 bits per heavy atom. The zero-order chi connectivity index (χ0) is 13.4. The maximum absolute atomic E-state index is 6.31. The van der Waals surface area contributed by atoms with Gasteiger partial charge >= 0.3 is 0 Å². The Labute approximate surface area is 112 Å². The number of hydrogen-bond acceptors (Lipinski definition) is 2. The average Bonchev–Trinajstić information content (AvgIpc) is 2.39. The highest BCUT2D eigenvalue weighted by Gasteiger charge is 2.16. The van der Waals surface area contributed by atoms with Crippen molar-refractivity contribution in [3.63, 3.8) is 0 Å². The van der Waals surface area contributed by atoms with E-state index in [-0.39, 0.29) is 6.04 Å². The lowest BCUT2D eigenvalue weighted by Gasteiger charge is -2.26. The number of benzene rings is 1. The fraction of sp³-hybridized carbons (Fsp3) is 0.625. The number of nitrogens with two attached hydrogens (primary N) is 1. The van der Waals surface area contributed by atoms with Gasteiger partial charge in [-0.25, -0.2) is 0 Å². The number of hydrogen-bond donors (Lipinski definition) is 1. The van der Waals surface area contributed by atoms with Crippen molar-refractivity contribution in [3.8, 4) is 0 Å². The van der Waals surface area contributed by atoms with E-state index in [1.165, 1.54) is 31.4 Å². The van der Waals surface area contributed by atoms with Crippen molar-refractivity contribution in [2.75, 3.05) is 20.1 Å². The maximum Gasteiger partial charge on any atom is 0.0333 e. The van der Waals surface area contributed by atoms with E-state index < -0.39 is 0 Å². The Morgan fingerprint density at radius 1 is 1.17 bits per heavy atom. The summed E-state index contributed by atoms with van der Waals surface area (Å²) in [6.45, 7) is 6.74. The first-order valence-electron chi connectivity index (χ1n) is 7.14. The van der Waals surface area contributed by atoms with Crippen LogP contribution in [0.15, 0.2) is 30.3 Å². The highest BCUT2D eigenvalue weighted by atomic mass is 15.1. The van der Waals surface area contributed by atoms with E-state index in [1.54, 1.807) is 0 Å². The summed E-state index contributed by atoms with van der Waals surface area (Å²) in [6.07, 6.45) is 3.90. The van der Waals surface area contributed by atoms with Gasteiger partial charge in [0.05, 0.1) is 0 Å². The van der Waals surface area contributed by atoms with Crippen molar-refractivity contribution >= 4 is 0 Å². The molecular weight excluding hydrogens is 220 g/mol. The van der Waals surface area contributed by atoms with Crippen LogP contribution < -0.4 is 5.73 Å². The summed E-state index contributed by atoms with van der Waals surface area (Å²) < 4.78 is 0. The summed E-state index contributed by atoms with van der Waals surface area (Å²) in [6, 6.07) is 10.5. The largest absolute Gasteiger partial charge is 0.324 e. The molecule has 1 aromatic carbocycles. The molecule has 0 aromatic heterocycles. The molecule has 0 saturated carbocycles. The topological polar surface area (TPSA) is 29.3 Å². The van der Waals surface area contributed by atoms with Crippen LogP contribution >= 0.6 is 0 Å². The van der Waals surface area contributed by atoms with Gasteiger partial charge in [-0.1, -0.05) is 57.0 Å². The predicted octanol–water partition coefficient (Wildman–Crippen LogP) is 3.44. The van der Waals surface area contributed by atoms with Gasteiger partial charge in [-0.15, -0.1) is 0 Å². The van der Waals surface area contributed by atoms with Gasteiger partial charge in [0.15, 0.2) is 0 Å². The first-order valence-corrected chi connectivity index (χ1v) is 7.14. The minimum atomic E-state index is 0.139. The lowest BCUT2D eigenvalue weighted by atomic mass is 9.95. The molecule has 0 aliphatic rings. The van der Waals surface area contributed by atoms with E-state index in [9.17, 15) is 0 Å². The Bertz CT molecular complexity index is 310. The fourth-order valence-corrected chi connectivity index (χ4v) is 2.33. The molecular formula is C16H28N2. The van der Waals surface area contributed by atoms with Crippen LogP contribution in [0.1, 0.15) is 44.7 Å². The molecule has 2 N–H and O–H groups in total. The van der Waals surface area contributed by atoms with Crippen LogP contribution in [0.5, 0.6) is 0 Å². The summed E-state index contributed by atoms with van der Waals surface area (Å²) in [5.74, 6) is 0.485. The molecule has 0 spiro atoms. The second kappa shape index (κ2) is 8.28. The van der Waals surface area contributed by atoms with E-state index in [1.807, 2.05) is 6.07 Å². The minimum absolute atomic E-state index is 0.139. The van der Waals surface area contributed by atoms with Gasteiger partial charge in [0.2, 0.25) is 0 Å². The SMILES string of the molecule is CCCCCN(C)CC(C)C(N)c1ccccc1. The summed E-state index contributed by atoms with van der Waals surface area (Å²) in [5.41, 5.74) is 7.56. The molecule has 0 fully saturated rings. The molecule has 0 aliphatic heterocycles. The van der Waals surface area contributed by atoms with Crippen molar-refractivity contribution in [2.45, 2.75) is 39.2 Å². The highest BCUT2D eigenvalue weighted by molar-refractivity contribution is 5.19. The smallest absolute Gasteiger partial charge is 0.0333 e. The summed E-state index contributed by atoms with van der Waals surface area (Å²) in [7, 11) is 2.20. The normalized spacial score (nSPS) is 14.7. The van der Waals surface area contributed by atoms with Crippen molar-refractivity contribution < 1.29 is 0 Å². The molecule has 0 heterocycles. The predicted molar refractivity (Wildman–Crippen MR) is 79.6 cm³/mol. The molecule has 0 bridgehead atoms. The lowest BCUT2D eigenvalue weighted by Crippen LogP contribution is -2.31. The number of rotatable bonds is 8. The van der Waals surface area contributed by atoms with Crippen LogP contribution in [0.3, 0.4) is 0 Å². The summed E-state index contributed by atoms with van der Waals surface area (Å²) in [5, 5.41) is 0. The van der Waals surface area contributed by atoms with E-state index in [0.717, 1.165) is 6.54 Å². The van der Waals surface area contributed by atoms with Gasteiger partial charge in [-0.05, 0) is 31.5 Å². The van der Waals surface area contributed by atoms with E-state index in [2.05, 4.69) is 50.1 Å². The van der Waals surface area contributed by atoms with Gasteiger partial charge in [-0.2, -0.15) is 0 Å². The van der Waals surface area contributed by atoms with Crippen molar-refractivity contribution in [3.05, 3.63) is 35.9 Å². The van der Waals surface area contributed by atoms with Crippen molar-refractivity contribution in [1.29, 1.82) is 0 Å². The number of nitrogens with zero attached hydrogens (tertiary/aromatic N) is 1. The second-order valence-electron chi connectivity index (χ2n) is 5.38. The van der Waals surface area contributed by atoms with Crippen LogP contribution in [0.25, 0.3) is 0 Å². The minimum Gasteiger partial charge on any atom is -0.324 e. The molecule has 1 aromatic rings. The van der Waals surface area contributed by atoms with Gasteiger partial charge in [0.1, 0.15) is 0 Å². The zero-order valence-corrected chi connectivity index (χ0v) is 12.1. The lowest BCUT2D eigenvalue weighted by molar-refractivity contribution is 0.260. The molecule has 102 valence electrons. The van der Waals surface area contributed by atoms with E-state index >= 15 is 0 Å². The molecule has 2 atom stereocenters. The molecule has 0 saturated heterocycles. The van der Waals surface area contributed by atoms with Gasteiger partial charge in [0.25, 0.3) is 0 Å². The maximum atomic E-state index is 6.31. The van der Waals surface area contributed by atoms with Crippen LogP contribution in [-0.2, 0) is 0 Å². The Hall–Kier alpha value is -0.860. The van der Waals surface area contributed by atoms with Crippen LogP contribution in [0.4, 0.5) is 0 Å². The molecule has 0 amide bonds. The van der Waals surface area contributed by atoms with Crippen LogP contribution in [0.2, 0.25) is 0 Å². The molecule has 1 rings (SSSR count). The van der Waals surface area contributed by atoms with Gasteiger partial charge < -0.3 is 10.6 Å². The van der Waals surface area contributed by atoms with Crippen LogP contribution in [0, 0.1) is 5.92 Å². The molecule has 2 heteroatoms. The fourth-order valence-electron chi connectivity index (χ4n) is 2.33. The first kappa shape index (κ1) is 15.2. The highest BCUT2D eigenvalue weighted by Crippen LogP contribution is 2.19. The van der Waals surface area contributed by atoms with E-state index in [4.69, 9.17) is 5.73 Å². The molecule has 0 aliphatic carbocycles. The van der Waals surface area contributed by atoms with Crippen molar-refractivity contribution in [1.82, 2.24) is 4.90 Å². The quantitative estimate of drug-likeness (QED) is 0.714. The zero-order valence-electron chi connectivity index (χ0n) is 12.1. The second-order valence-corrected chi connectivity index (χ2v) is 5.38. The molecule has 2 nitrogen and oxygen atoms in total. The third-order valence-corrected chi connectivity index (χ3v) is 3.54. The van der Waals surface area contributed by atoms with Gasteiger partial charge in [-0.3, -0.25) is 0 Å². The van der Waals surface area contributed by atoms with E-state index in [0.29, 0.717) is 5.92 Å². The number of unbranched alkanes of at least 4 members (excludes halogenated alkanes) is 2. The Balaban J connectivity index is 2.37. The van der Waals surface area contributed by atoms with Gasteiger partial charge in [0, 0.05) is 12.6 Å². The Kier molecular flexibility index (Phi) is 6.99. The summed E-state index contributed by atoms with van der Waals surface area (Å²) >= 11 is 0. The summed E-state index contributed by atoms with van der Waals surface area (Å²) in [4.78, 5) is 2.41. The monoisotopic (exact) mass is 248 g/mol. The third kappa shape index (κ3) is 5.19. The molecule has 18 heavy (non-hydrogen) atoms. The average molecular weight is 248 g/mol. The Morgan fingerprint density at radius 2 is 1.83 bits per heavy atom. The standard InChI is InChI=1S/C16H28N2/c1-4-5-9-12-18(3)13-14(2)16(17)15-10-7-6-8-11-15/h6-8,10-11,14,16H,4-5,9,12-13,17H2,1-3H3. The van der Waals surface area contributed by atoms with Crippen LogP contribution in [-0.4, -0.2) is 25.0 Å². The molecule has 2 unspecified atom stereocenters. The third-order valence-electron chi connectivity index (χ3n) is 3.54.